The van der Waals surface area contributed by atoms with Crippen molar-refractivity contribution >= 4 is 6.29 Å². The van der Waals surface area contributed by atoms with E-state index in [-0.39, 0.29) is 0 Å². The minimum atomic E-state index is 0.769. The molecule has 0 N–H and O–H groups in total. The van der Waals surface area contributed by atoms with Crippen LogP contribution in [0.25, 0.3) is 0 Å². The summed E-state index contributed by atoms with van der Waals surface area (Å²) in [5.41, 5.74) is 2.09. The van der Waals surface area contributed by atoms with Gasteiger partial charge in [-0.05, 0) is 30.2 Å². The van der Waals surface area contributed by atoms with Gasteiger partial charge in [-0.2, -0.15) is 0 Å². The summed E-state index contributed by atoms with van der Waals surface area (Å²) >= 11 is 0. The zero-order valence-corrected chi connectivity index (χ0v) is 9.43. The molecule has 2 heterocycles. The Kier molecular flexibility index (Phi) is 2.52. The standard InChI is InChI=1S/C14H17NO/c16-10-12-3-1-11(2-4-12)7-15-8-13-5-14(6-13)9-15/h1-4,10,13-14H,5-9H2. The molecule has 0 spiro atoms. The van der Waals surface area contributed by atoms with Gasteiger partial charge in [-0.3, -0.25) is 9.69 Å². The molecule has 0 radical (unpaired) electrons. The zero-order chi connectivity index (χ0) is 11.0. The van der Waals surface area contributed by atoms with Crippen LogP contribution in [-0.4, -0.2) is 24.3 Å². The number of piperidine rings is 2. The summed E-state index contributed by atoms with van der Waals surface area (Å²) in [4.78, 5) is 13.1. The Bertz CT molecular complexity index is 368. The molecule has 16 heavy (non-hydrogen) atoms. The topological polar surface area (TPSA) is 20.3 Å². The highest BCUT2D eigenvalue weighted by molar-refractivity contribution is 5.74. The van der Waals surface area contributed by atoms with Gasteiger partial charge in [0.25, 0.3) is 0 Å². The maximum atomic E-state index is 10.5. The van der Waals surface area contributed by atoms with Crippen LogP contribution in [0.1, 0.15) is 28.8 Å². The number of nitrogens with zero attached hydrogens (tertiary/aromatic N) is 1. The van der Waals surface area contributed by atoms with E-state index in [1.54, 1.807) is 0 Å². The van der Waals surface area contributed by atoms with Crippen LogP contribution in [0.4, 0.5) is 0 Å². The average Bonchev–Trinajstić information content (AvgIpc) is 2.29. The maximum Gasteiger partial charge on any atom is 0.150 e. The van der Waals surface area contributed by atoms with E-state index in [2.05, 4.69) is 17.0 Å². The van der Waals surface area contributed by atoms with Crippen molar-refractivity contribution in [2.75, 3.05) is 13.1 Å². The molecule has 3 fully saturated rings. The van der Waals surface area contributed by atoms with E-state index in [0.717, 1.165) is 30.2 Å². The van der Waals surface area contributed by atoms with Gasteiger partial charge < -0.3 is 0 Å². The summed E-state index contributed by atoms with van der Waals surface area (Å²) in [7, 11) is 0. The zero-order valence-electron chi connectivity index (χ0n) is 9.43. The van der Waals surface area contributed by atoms with Gasteiger partial charge in [0, 0.05) is 25.2 Å². The van der Waals surface area contributed by atoms with Gasteiger partial charge in [0.1, 0.15) is 6.29 Å². The minimum absolute atomic E-state index is 0.769. The Morgan fingerprint density at radius 1 is 1.12 bits per heavy atom. The highest BCUT2D eigenvalue weighted by atomic mass is 16.1. The van der Waals surface area contributed by atoms with Crippen LogP contribution < -0.4 is 0 Å². The predicted molar refractivity (Wildman–Crippen MR) is 63.3 cm³/mol. The maximum absolute atomic E-state index is 10.5. The van der Waals surface area contributed by atoms with Gasteiger partial charge in [0.05, 0.1) is 0 Å². The normalized spacial score (nSPS) is 28.5. The molecule has 0 unspecified atom stereocenters. The Balaban J connectivity index is 1.62. The van der Waals surface area contributed by atoms with Gasteiger partial charge in [-0.25, -0.2) is 0 Å². The van der Waals surface area contributed by atoms with Gasteiger partial charge >= 0.3 is 0 Å². The van der Waals surface area contributed by atoms with Crippen LogP contribution in [0.2, 0.25) is 0 Å². The lowest BCUT2D eigenvalue weighted by Gasteiger charge is -2.47. The Morgan fingerprint density at radius 3 is 2.31 bits per heavy atom. The van der Waals surface area contributed by atoms with Crippen LogP contribution in [-0.2, 0) is 6.54 Å². The predicted octanol–water partition coefficient (Wildman–Crippen LogP) is 2.34. The van der Waals surface area contributed by atoms with Crippen LogP contribution in [0.5, 0.6) is 0 Å². The van der Waals surface area contributed by atoms with E-state index in [0.29, 0.717) is 0 Å². The molecular weight excluding hydrogens is 198 g/mol. The minimum Gasteiger partial charge on any atom is -0.299 e. The quantitative estimate of drug-likeness (QED) is 0.721. The third-order valence-electron chi connectivity index (χ3n) is 3.89. The lowest BCUT2D eigenvalue weighted by molar-refractivity contribution is 0.0228. The van der Waals surface area contributed by atoms with Crippen LogP contribution in [0.15, 0.2) is 24.3 Å². The summed E-state index contributed by atoms with van der Waals surface area (Å²) in [6, 6.07) is 7.97. The van der Waals surface area contributed by atoms with Crippen LogP contribution >= 0.6 is 0 Å². The van der Waals surface area contributed by atoms with Gasteiger partial charge in [0.15, 0.2) is 0 Å². The van der Waals surface area contributed by atoms with E-state index >= 15 is 0 Å². The summed E-state index contributed by atoms with van der Waals surface area (Å²) in [6.45, 7) is 3.59. The van der Waals surface area contributed by atoms with Crippen molar-refractivity contribution in [2.45, 2.75) is 19.4 Å². The SMILES string of the molecule is O=Cc1ccc(CN2CC3CC(C3)C2)cc1. The molecular formula is C14H17NO. The Hall–Kier alpha value is -1.15. The van der Waals surface area contributed by atoms with E-state index in [9.17, 15) is 4.79 Å². The van der Waals surface area contributed by atoms with Crippen molar-refractivity contribution in [2.24, 2.45) is 11.8 Å². The van der Waals surface area contributed by atoms with Gasteiger partial charge in [0.2, 0.25) is 0 Å². The largest absolute Gasteiger partial charge is 0.299 e. The fourth-order valence-corrected chi connectivity index (χ4v) is 3.07. The number of fused-ring (bicyclic) bond motifs is 2. The summed E-state index contributed by atoms with van der Waals surface area (Å²) < 4.78 is 0. The van der Waals surface area contributed by atoms with E-state index in [1.165, 1.54) is 31.5 Å². The molecule has 84 valence electrons. The van der Waals surface area contributed by atoms with Crippen molar-refractivity contribution in [3.63, 3.8) is 0 Å². The van der Waals surface area contributed by atoms with Crippen molar-refractivity contribution in [3.05, 3.63) is 35.4 Å². The van der Waals surface area contributed by atoms with Gasteiger partial charge in [-0.1, -0.05) is 24.3 Å². The number of benzene rings is 1. The fraction of sp³-hybridized carbons (Fsp3) is 0.500. The molecule has 1 aromatic rings. The van der Waals surface area contributed by atoms with Crippen molar-refractivity contribution in [1.82, 2.24) is 4.90 Å². The molecule has 4 rings (SSSR count). The number of aldehydes is 1. The molecule has 3 aliphatic rings. The fourth-order valence-electron chi connectivity index (χ4n) is 3.07. The van der Waals surface area contributed by atoms with Crippen LogP contribution in [0.3, 0.4) is 0 Å². The highest BCUT2D eigenvalue weighted by Gasteiger charge is 2.36. The molecule has 2 heteroatoms. The van der Waals surface area contributed by atoms with Gasteiger partial charge in [-0.15, -0.1) is 0 Å². The van der Waals surface area contributed by atoms with Crippen LogP contribution in [0, 0.1) is 11.8 Å². The lowest BCUT2D eigenvalue weighted by Crippen LogP contribution is -2.47. The third-order valence-corrected chi connectivity index (χ3v) is 3.89. The van der Waals surface area contributed by atoms with E-state index in [4.69, 9.17) is 0 Å². The number of carbonyl (C=O) groups is 1. The van der Waals surface area contributed by atoms with E-state index in [1.807, 2.05) is 12.1 Å². The molecule has 2 nitrogen and oxygen atoms in total. The first kappa shape index (κ1) is 10.0. The first-order valence-corrected chi connectivity index (χ1v) is 6.10. The molecule has 2 bridgehead atoms. The lowest BCUT2D eigenvalue weighted by atomic mass is 9.71. The smallest absolute Gasteiger partial charge is 0.150 e. The summed E-state index contributed by atoms with van der Waals surface area (Å²) in [5, 5.41) is 0. The first-order chi connectivity index (χ1) is 7.83. The summed E-state index contributed by atoms with van der Waals surface area (Å²) in [6.07, 6.45) is 3.82. The second-order valence-corrected chi connectivity index (χ2v) is 5.26. The molecule has 0 amide bonds. The van der Waals surface area contributed by atoms with E-state index < -0.39 is 0 Å². The molecule has 2 aliphatic heterocycles. The number of hydrogen-bond acceptors (Lipinski definition) is 2. The molecule has 0 aromatic heterocycles. The number of rotatable bonds is 3. The molecule has 1 aromatic carbocycles. The monoisotopic (exact) mass is 215 g/mol. The highest BCUT2D eigenvalue weighted by Crippen LogP contribution is 2.39. The molecule has 0 atom stereocenters. The Morgan fingerprint density at radius 2 is 1.75 bits per heavy atom. The average molecular weight is 215 g/mol. The number of carbonyl (C=O) groups excluding carboxylic acids is 1. The second kappa shape index (κ2) is 4.02. The summed E-state index contributed by atoms with van der Waals surface area (Å²) in [5.74, 6) is 1.93. The van der Waals surface area contributed by atoms with Crippen molar-refractivity contribution in [1.29, 1.82) is 0 Å². The van der Waals surface area contributed by atoms with Crippen molar-refractivity contribution < 1.29 is 4.79 Å². The number of hydrogen-bond donors (Lipinski definition) is 0. The second-order valence-electron chi connectivity index (χ2n) is 5.26. The Labute approximate surface area is 96.3 Å². The third kappa shape index (κ3) is 1.90. The molecule has 1 aliphatic carbocycles. The molecule has 1 saturated carbocycles. The van der Waals surface area contributed by atoms with Crippen molar-refractivity contribution in [3.8, 4) is 0 Å². The molecule has 2 saturated heterocycles. The first-order valence-electron chi connectivity index (χ1n) is 6.10.